The molecule has 0 saturated carbocycles. The van der Waals surface area contributed by atoms with Crippen molar-refractivity contribution < 1.29 is 13.2 Å². The summed E-state index contributed by atoms with van der Waals surface area (Å²) in [5, 5.41) is 2.83. The Morgan fingerprint density at radius 1 is 0.963 bits per heavy atom. The quantitative estimate of drug-likeness (QED) is 0.709. The first-order chi connectivity index (χ1) is 13.1. The number of thioether (sulfide) groups is 1. The van der Waals surface area contributed by atoms with Crippen molar-refractivity contribution in [1.82, 2.24) is 4.31 Å². The van der Waals surface area contributed by atoms with E-state index in [1.165, 1.54) is 0 Å². The smallest absolute Gasteiger partial charge is 0.243 e. The van der Waals surface area contributed by atoms with E-state index in [1.54, 1.807) is 40.3 Å². The van der Waals surface area contributed by atoms with Gasteiger partial charge in [0.2, 0.25) is 15.9 Å². The van der Waals surface area contributed by atoms with Crippen molar-refractivity contribution in [3.05, 3.63) is 54.6 Å². The van der Waals surface area contributed by atoms with Gasteiger partial charge in [0.05, 0.1) is 4.90 Å². The van der Waals surface area contributed by atoms with Crippen LogP contribution in [0.25, 0.3) is 0 Å². The van der Waals surface area contributed by atoms with Crippen molar-refractivity contribution in [2.45, 2.75) is 35.5 Å². The molecule has 0 atom stereocenters. The predicted octanol–water partition coefficient (Wildman–Crippen LogP) is 3.98. The number of hydrogen-bond acceptors (Lipinski definition) is 4. The molecule has 1 N–H and O–H groups in total. The van der Waals surface area contributed by atoms with E-state index in [1.807, 2.05) is 30.3 Å². The number of nitrogens with zero attached hydrogens (tertiary/aromatic N) is 1. The van der Waals surface area contributed by atoms with Crippen molar-refractivity contribution in [3.8, 4) is 0 Å². The zero-order valence-electron chi connectivity index (χ0n) is 15.1. The summed E-state index contributed by atoms with van der Waals surface area (Å²) in [7, 11) is -3.43. The molecule has 7 heteroatoms. The Balaban J connectivity index is 1.51. The number of piperidine rings is 1. The first-order valence-electron chi connectivity index (χ1n) is 9.14. The van der Waals surface area contributed by atoms with Crippen LogP contribution in [0.1, 0.15) is 25.7 Å². The molecule has 3 rings (SSSR count). The van der Waals surface area contributed by atoms with E-state index < -0.39 is 10.0 Å². The second-order valence-electron chi connectivity index (χ2n) is 6.45. The van der Waals surface area contributed by atoms with Gasteiger partial charge in [-0.3, -0.25) is 4.79 Å². The molecule has 1 heterocycles. The van der Waals surface area contributed by atoms with Gasteiger partial charge in [0, 0.05) is 35.8 Å². The zero-order chi connectivity index (χ0) is 19.1. The van der Waals surface area contributed by atoms with Crippen molar-refractivity contribution in [2.24, 2.45) is 0 Å². The number of hydrogen-bond donors (Lipinski definition) is 1. The zero-order valence-corrected chi connectivity index (χ0v) is 16.8. The minimum absolute atomic E-state index is 0.0786. The molecule has 0 aromatic heterocycles. The summed E-state index contributed by atoms with van der Waals surface area (Å²) < 4.78 is 26.8. The number of nitrogens with one attached hydrogen (secondary N) is 1. The van der Waals surface area contributed by atoms with Crippen LogP contribution in [0.3, 0.4) is 0 Å². The molecule has 0 aliphatic carbocycles. The standard InChI is InChI=1S/C20H24N2O3S2/c23-20(13-16-26-18-7-3-1-4-8-18)21-17-9-11-19(12-10-17)27(24,25)22-14-5-2-6-15-22/h1,3-4,7-12H,2,5-6,13-16H2,(H,21,23). The Hall–Kier alpha value is -1.83. The largest absolute Gasteiger partial charge is 0.326 e. The van der Waals surface area contributed by atoms with Gasteiger partial charge in [-0.2, -0.15) is 4.31 Å². The normalized spacial score (nSPS) is 15.4. The van der Waals surface area contributed by atoms with Gasteiger partial charge < -0.3 is 5.32 Å². The van der Waals surface area contributed by atoms with Gasteiger partial charge >= 0.3 is 0 Å². The summed E-state index contributed by atoms with van der Waals surface area (Å²) in [4.78, 5) is 13.5. The van der Waals surface area contributed by atoms with Crippen LogP contribution in [0.2, 0.25) is 0 Å². The summed E-state index contributed by atoms with van der Waals surface area (Å²) in [5.74, 6) is 0.613. The Morgan fingerprint density at radius 3 is 2.30 bits per heavy atom. The molecule has 1 amide bonds. The van der Waals surface area contributed by atoms with Crippen LogP contribution < -0.4 is 5.32 Å². The Kier molecular flexibility index (Phi) is 6.93. The molecule has 2 aromatic carbocycles. The monoisotopic (exact) mass is 404 g/mol. The summed E-state index contributed by atoms with van der Waals surface area (Å²) in [6, 6.07) is 16.4. The molecule has 0 bridgehead atoms. The van der Waals surface area contributed by atoms with E-state index in [9.17, 15) is 13.2 Å². The minimum atomic E-state index is -3.43. The third-order valence-electron chi connectivity index (χ3n) is 4.43. The van der Waals surface area contributed by atoms with E-state index in [2.05, 4.69) is 5.32 Å². The molecule has 2 aromatic rings. The lowest BCUT2D eigenvalue weighted by atomic mass is 10.2. The second-order valence-corrected chi connectivity index (χ2v) is 9.56. The summed E-state index contributed by atoms with van der Waals surface area (Å²) in [6.07, 6.45) is 3.30. The average Bonchev–Trinajstić information content (AvgIpc) is 2.70. The van der Waals surface area contributed by atoms with E-state index >= 15 is 0 Å². The van der Waals surface area contributed by atoms with Crippen LogP contribution in [-0.4, -0.2) is 37.5 Å². The van der Waals surface area contributed by atoms with Crippen molar-refractivity contribution in [1.29, 1.82) is 0 Å². The Bertz CT molecular complexity index is 847. The third-order valence-corrected chi connectivity index (χ3v) is 7.36. The maximum atomic E-state index is 12.6. The molecule has 0 spiro atoms. The van der Waals surface area contributed by atoms with Gasteiger partial charge in [0.25, 0.3) is 0 Å². The molecule has 27 heavy (non-hydrogen) atoms. The molecular formula is C20H24N2O3S2. The topological polar surface area (TPSA) is 66.5 Å². The number of benzene rings is 2. The van der Waals surface area contributed by atoms with Gasteiger partial charge in [0.1, 0.15) is 0 Å². The van der Waals surface area contributed by atoms with E-state index in [4.69, 9.17) is 0 Å². The highest BCUT2D eigenvalue weighted by molar-refractivity contribution is 7.99. The second kappa shape index (κ2) is 9.39. The van der Waals surface area contributed by atoms with Crippen molar-refractivity contribution in [2.75, 3.05) is 24.2 Å². The molecule has 1 saturated heterocycles. The van der Waals surface area contributed by atoms with Gasteiger partial charge in [-0.25, -0.2) is 8.42 Å². The van der Waals surface area contributed by atoms with Gasteiger partial charge in [0.15, 0.2) is 0 Å². The Morgan fingerprint density at radius 2 is 1.63 bits per heavy atom. The van der Waals surface area contributed by atoms with Crippen LogP contribution in [0.15, 0.2) is 64.4 Å². The SMILES string of the molecule is O=C(CCSc1ccccc1)Nc1ccc(S(=O)(=O)N2CCCCC2)cc1. The highest BCUT2D eigenvalue weighted by Gasteiger charge is 2.25. The number of carbonyl (C=O) groups is 1. The summed E-state index contributed by atoms with van der Waals surface area (Å²) in [6.45, 7) is 1.17. The molecule has 1 aliphatic heterocycles. The predicted molar refractivity (Wildman–Crippen MR) is 109 cm³/mol. The van der Waals surface area contributed by atoms with E-state index in [0.717, 1.165) is 24.2 Å². The maximum absolute atomic E-state index is 12.6. The first kappa shape index (κ1) is 19.9. The number of rotatable bonds is 7. The number of carbonyl (C=O) groups excluding carboxylic acids is 1. The Labute approximate surface area is 165 Å². The van der Waals surface area contributed by atoms with E-state index in [0.29, 0.717) is 31.0 Å². The number of amides is 1. The highest BCUT2D eigenvalue weighted by Crippen LogP contribution is 2.22. The molecule has 5 nitrogen and oxygen atoms in total. The number of anilines is 1. The van der Waals surface area contributed by atoms with Gasteiger partial charge in [-0.15, -0.1) is 11.8 Å². The fraction of sp³-hybridized carbons (Fsp3) is 0.350. The fourth-order valence-electron chi connectivity index (χ4n) is 2.97. The van der Waals surface area contributed by atoms with Gasteiger partial charge in [-0.1, -0.05) is 24.6 Å². The van der Waals surface area contributed by atoms with E-state index in [-0.39, 0.29) is 10.8 Å². The van der Waals surface area contributed by atoms with Crippen LogP contribution in [0.4, 0.5) is 5.69 Å². The maximum Gasteiger partial charge on any atom is 0.243 e. The minimum Gasteiger partial charge on any atom is -0.326 e. The third kappa shape index (κ3) is 5.57. The highest BCUT2D eigenvalue weighted by atomic mass is 32.2. The molecule has 144 valence electrons. The lowest BCUT2D eigenvalue weighted by Crippen LogP contribution is -2.35. The summed E-state index contributed by atoms with van der Waals surface area (Å²) in [5.41, 5.74) is 0.613. The van der Waals surface area contributed by atoms with Crippen LogP contribution >= 0.6 is 11.8 Å². The van der Waals surface area contributed by atoms with Crippen LogP contribution in [0, 0.1) is 0 Å². The molecule has 1 fully saturated rings. The molecule has 0 unspecified atom stereocenters. The van der Waals surface area contributed by atoms with Crippen molar-refractivity contribution >= 4 is 33.4 Å². The molecule has 0 radical (unpaired) electrons. The lowest BCUT2D eigenvalue weighted by Gasteiger charge is -2.25. The van der Waals surface area contributed by atoms with Gasteiger partial charge in [-0.05, 0) is 49.2 Å². The average molecular weight is 405 g/mol. The lowest BCUT2D eigenvalue weighted by molar-refractivity contribution is -0.115. The van der Waals surface area contributed by atoms with Crippen LogP contribution in [-0.2, 0) is 14.8 Å². The molecular weight excluding hydrogens is 380 g/mol. The van der Waals surface area contributed by atoms with Crippen molar-refractivity contribution in [3.63, 3.8) is 0 Å². The van der Waals surface area contributed by atoms with Crippen LogP contribution in [0.5, 0.6) is 0 Å². The fourth-order valence-corrected chi connectivity index (χ4v) is 5.36. The summed E-state index contributed by atoms with van der Waals surface area (Å²) >= 11 is 1.64. The first-order valence-corrected chi connectivity index (χ1v) is 11.6. The molecule has 1 aliphatic rings. The number of sulfonamides is 1.